The first kappa shape index (κ1) is 11.0. The van der Waals surface area contributed by atoms with Gasteiger partial charge in [0.05, 0.1) is 6.61 Å². The van der Waals surface area contributed by atoms with Crippen molar-refractivity contribution in [3.05, 3.63) is 0 Å². The normalized spacial score (nSPS) is 22.4. The minimum atomic E-state index is -0.293. The summed E-state index contributed by atoms with van der Waals surface area (Å²) in [5.74, 6) is 3.57. The standard InChI is InChI=1S/C8H15NO2S2/c1-2-11-8(10)9-5-7-6-12-3-4-13-7/h7H,2-6H2,1H3,(H,9,10). The number of hydrogen-bond acceptors (Lipinski definition) is 4. The van der Waals surface area contributed by atoms with Crippen LogP contribution in [0.3, 0.4) is 0 Å². The Morgan fingerprint density at radius 2 is 2.46 bits per heavy atom. The molecule has 1 atom stereocenters. The number of ether oxygens (including phenoxy) is 1. The number of rotatable bonds is 3. The van der Waals surface area contributed by atoms with Crippen molar-refractivity contribution in [2.45, 2.75) is 12.2 Å². The minimum Gasteiger partial charge on any atom is -0.450 e. The van der Waals surface area contributed by atoms with Gasteiger partial charge in [0.2, 0.25) is 0 Å². The lowest BCUT2D eigenvalue weighted by Crippen LogP contribution is -2.33. The largest absolute Gasteiger partial charge is 0.450 e. The molecule has 0 spiro atoms. The van der Waals surface area contributed by atoms with Gasteiger partial charge in [-0.1, -0.05) is 0 Å². The van der Waals surface area contributed by atoms with Crippen LogP contribution in [0.15, 0.2) is 0 Å². The van der Waals surface area contributed by atoms with Crippen molar-refractivity contribution >= 4 is 29.6 Å². The first-order valence-electron chi connectivity index (χ1n) is 4.43. The van der Waals surface area contributed by atoms with Gasteiger partial charge in [0.25, 0.3) is 0 Å². The average molecular weight is 221 g/mol. The predicted octanol–water partition coefficient (Wildman–Crippen LogP) is 1.58. The maximum Gasteiger partial charge on any atom is 0.407 e. The number of carbonyl (C=O) groups excluding carboxylic acids is 1. The van der Waals surface area contributed by atoms with Crippen LogP contribution in [0, 0.1) is 0 Å². The van der Waals surface area contributed by atoms with Crippen LogP contribution in [0.1, 0.15) is 6.92 Å². The van der Waals surface area contributed by atoms with Crippen molar-refractivity contribution in [3.8, 4) is 0 Å². The van der Waals surface area contributed by atoms with Crippen molar-refractivity contribution in [1.82, 2.24) is 5.32 Å². The minimum absolute atomic E-state index is 0.293. The Balaban J connectivity index is 2.06. The summed E-state index contributed by atoms with van der Waals surface area (Å²) in [4.78, 5) is 10.9. The smallest absolute Gasteiger partial charge is 0.407 e. The van der Waals surface area contributed by atoms with E-state index in [0.717, 1.165) is 12.3 Å². The summed E-state index contributed by atoms with van der Waals surface area (Å²) in [5.41, 5.74) is 0. The molecular formula is C8H15NO2S2. The van der Waals surface area contributed by atoms with Crippen LogP contribution in [0.25, 0.3) is 0 Å². The molecule has 0 aromatic heterocycles. The fourth-order valence-corrected chi connectivity index (χ4v) is 3.65. The Bertz CT molecular complexity index is 160. The number of carbonyl (C=O) groups is 1. The molecule has 0 radical (unpaired) electrons. The molecule has 76 valence electrons. The van der Waals surface area contributed by atoms with Gasteiger partial charge in [0.15, 0.2) is 0 Å². The maximum absolute atomic E-state index is 10.9. The van der Waals surface area contributed by atoms with E-state index in [1.807, 2.05) is 30.4 Å². The molecule has 1 aliphatic rings. The molecule has 1 aliphatic heterocycles. The molecule has 1 heterocycles. The van der Waals surface area contributed by atoms with Crippen molar-refractivity contribution in [3.63, 3.8) is 0 Å². The van der Waals surface area contributed by atoms with E-state index >= 15 is 0 Å². The molecule has 0 aromatic carbocycles. The highest BCUT2D eigenvalue weighted by molar-refractivity contribution is 8.06. The highest BCUT2D eigenvalue weighted by atomic mass is 32.2. The van der Waals surface area contributed by atoms with Gasteiger partial charge in [-0.25, -0.2) is 4.79 Å². The molecular weight excluding hydrogens is 206 g/mol. The third kappa shape index (κ3) is 4.67. The molecule has 1 rings (SSSR count). The number of hydrogen-bond donors (Lipinski definition) is 1. The Hall–Kier alpha value is -0.0300. The average Bonchev–Trinajstić information content (AvgIpc) is 2.17. The second-order valence-electron chi connectivity index (χ2n) is 2.67. The van der Waals surface area contributed by atoms with Gasteiger partial charge >= 0.3 is 6.09 Å². The summed E-state index contributed by atoms with van der Waals surface area (Å²) in [6.07, 6.45) is -0.293. The Labute approximate surface area is 87.4 Å². The summed E-state index contributed by atoms with van der Waals surface area (Å²) in [7, 11) is 0. The van der Waals surface area contributed by atoms with Gasteiger partial charge in [0, 0.05) is 29.1 Å². The number of alkyl carbamates (subject to hydrolysis) is 1. The van der Waals surface area contributed by atoms with Gasteiger partial charge in [-0.3, -0.25) is 0 Å². The summed E-state index contributed by atoms with van der Waals surface area (Å²) in [6, 6.07) is 0. The molecule has 1 N–H and O–H groups in total. The van der Waals surface area contributed by atoms with E-state index in [4.69, 9.17) is 4.74 Å². The molecule has 0 aromatic rings. The quantitative estimate of drug-likeness (QED) is 0.785. The SMILES string of the molecule is CCOC(=O)NCC1CSCCS1. The van der Waals surface area contributed by atoms with Crippen molar-refractivity contribution < 1.29 is 9.53 Å². The second kappa shape index (κ2) is 6.43. The number of thioether (sulfide) groups is 2. The summed E-state index contributed by atoms with van der Waals surface area (Å²) >= 11 is 3.89. The van der Waals surface area contributed by atoms with Crippen LogP contribution < -0.4 is 5.32 Å². The van der Waals surface area contributed by atoms with Gasteiger partial charge < -0.3 is 10.1 Å². The topological polar surface area (TPSA) is 38.3 Å². The molecule has 1 saturated heterocycles. The van der Waals surface area contributed by atoms with Crippen LogP contribution in [0.4, 0.5) is 4.79 Å². The van der Waals surface area contributed by atoms with E-state index in [9.17, 15) is 4.79 Å². The molecule has 0 aliphatic carbocycles. The lowest BCUT2D eigenvalue weighted by atomic mass is 10.5. The zero-order chi connectivity index (χ0) is 9.52. The van der Waals surface area contributed by atoms with E-state index in [2.05, 4.69) is 5.32 Å². The Morgan fingerprint density at radius 1 is 1.62 bits per heavy atom. The summed E-state index contributed by atoms with van der Waals surface area (Å²) in [5, 5.41) is 3.32. The first-order valence-corrected chi connectivity index (χ1v) is 6.63. The molecule has 0 saturated carbocycles. The van der Waals surface area contributed by atoms with Crippen LogP contribution >= 0.6 is 23.5 Å². The van der Waals surface area contributed by atoms with Crippen LogP contribution in [0.2, 0.25) is 0 Å². The van der Waals surface area contributed by atoms with Crippen LogP contribution in [-0.4, -0.2) is 41.8 Å². The van der Waals surface area contributed by atoms with Crippen LogP contribution in [0.5, 0.6) is 0 Å². The zero-order valence-electron chi connectivity index (χ0n) is 7.75. The lowest BCUT2D eigenvalue weighted by molar-refractivity contribution is 0.152. The second-order valence-corrected chi connectivity index (χ2v) is 5.23. The van der Waals surface area contributed by atoms with E-state index in [1.54, 1.807) is 0 Å². The maximum atomic E-state index is 10.9. The van der Waals surface area contributed by atoms with Gasteiger partial charge in [-0.05, 0) is 6.92 Å². The van der Waals surface area contributed by atoms with E-state index < -0.39 is 0 Å². The molecule has 1 unspecified atom stereocenters. The number of nitrogens with one attached hydrogen (secondary N) is 1. The van der Waals surface area contributed by atoms with Gasteiger partial charge in [0.1, 0.15) is 0 Å². The fraction of sp³-hybridized carbons (Fsp3) is 0.875. The molecule has 3 nitrogen and oxygen atoms in total. The van der Waals surface area contributed by atoms with Crippen molar-refractivity contribution in [2.75, 3.05) is 30.4 Å². The van der Waals surface area contributed by atoms with Gasteiger partial charge in [-0.15, -0.1) is 0 Å². The summed E-state index contributed by atoms with van der Waals surface area (Å²) in [6.45, 7) is 2.99. The lowest BCUT2D eigenvalue weighted by Gasteiger charge is -2.20. The molecule has 5 heteroatoms. The highest BCUT2D eigenvalue weighted by Crippen LogP contribution is 2.23. The Morgan fingerprint density at radius 3 is 3.08 bits per heavy atom. The van der Waals surface area contributed by atoms with E-state index in [-0.39, 0.29) is 6.09 Å². The van der Waals surface area contributed by atoms with Gasteiger partial charge in [-0.2, -0.15) is 23.5 Å². The summed E-state index contributed by atoms with van der Waals surface area (Å²) < 4.78 is 4.77. The van der Waals surface area contributed by atoms with Crippen LogP contribution in [-0.2, 0) is 4.74 Å². The van der Waals surface area contributed by atoms with E-state index in [0.29, 0.717) is 11.9 Å². The molecule has 1 fully saturated rings. The zero-order valence-corrected chi connectivity index (χ0v) is 9.38. The third-order valence-electron chi connectivity index (χ3n) is 1.63. The van der Waals surface area contributed by atoms with Crippen molar-refractivity contribution in [1.29, 1.82) is 0 Å². The Kier molecular flexibility index (Phi) is 5.46. The molecule has 1 amide bonds. The monoisotopic (exact) mass is 221 g/mol. The number of amides is 1. The first-order chi connectivity index (χ1) is 6.33. The molecule has 13 heavy (non-hydrogen) atoms. The van der Waals surface area contributed by atoms with Crippen molar-refractivity contribution in [2.24, 2.45) is 0 Å². The third-order valence-corrected chi connectivity index (χ3v) is 4.48. The fourth-order valence-electron chi connectivity index (χ4n) is 1.03. The predicted molar refractivity (Wildman–Crippen MR) is 58.6 cm³/mol. The van der Waals surface area contributed by atoms with E-state index in [1.165, 1.54) is 11.5 Å². The highest BCUT2D eigenvalue weighted by Gasteiger charge is 2.14. The molecule has 0 bridgehead atoms.